The van der Waals surface area contributed by atoms with Gasteiger partial charge in [0.2, 0.25) is 0 Å². The van der Waals surface area contributed by atoms with Crippen LogP contribution in [0.4, 0.5) is 5.69 Å². The summed E-state index contributed by atoms with van der Waals surface area (Å²) in [6, 6.07) is 7.90. The Morgan fingerprint density at radius 3 is 2.85 bits per heavy atom. The highest BCUT2D eigenvalue weighted by atomic mass is 32.2. The van der Waals surface area contributed by atoms with Crippen LogP contribution in [0.2, 0.25) is 0 Å². The molecule has 0 unspecified atom stereocenters. The first-order valence-electron chi connectivity index (χ1n) is 4.25. The number of hydrogen-bond acceptors (Lipinski definition) is 2. The zero-order chi connectivity index (χ0) is 9.52. The first-order valence-corrected chi connectivity index (χ1v) is 5.24. The van der Waals surface area contributed by atoms with E-state index in [-0.39, 0.29) is 0 Å². The maximum Gasteiger partial charge on any atom is 0.0452 e. The third-order valence-corrected chi connectivity index (χ3v) is 2.82. The number of rotatable bonds is 4. The maximum atomic E-state index is 5.77. The highest BCUT2D eigenvalue weighted by Crippen LogP contribution is 2.24. The molecule has 0 aromatic heterocycles. The lowest BCUT2D eigenvalue weighted by atomic mass is 10.3. The van der Waals surface area contributed by atoms with E-state index in [1.54, 1.807) is 11.8 Å². The second kappa shape index (κ2) is 5.55. The van der Waals surface area contributed by atoms with Gasteiger partial charge in [-0.1, -0.05) is 12.1 Å². The topological polar surface area (TPSA) is 26.0 Å². The molecule has 0 saturated heterocycles. The van der Waals surface area contributed by atoms with E-state index in [2.05, 4.69) is 5.92 Å². The molecule has 0 aliphatic carbocycles. The van der Waals surface area contributed by atoms with Crippen LogP contribution in [0, 0.1) is 12.3 Å². The first-order chi connectivity index (χ1) is 6.34. The fourth-order valence-corrected chi connectivity index (χ4v) is 1.89. The molecule has 0 amide bonds. The molecule has 13 heavy (non-hydrogen) atoms. The molecule has 0 bridgehead atoms. The summed E-state index contributed by atoms with van der Waals surface area (Å²) in [7, 11) is 0. The van der Waals surface area contributed by atoms with Gasteiger partial charge in [0.05, 0.1) is 0 Å². The molecule has 0 spiro atoms. The maximum absolute atomic E-state index is 5.77. The largest absolute Gasteiger partial charge is 0.398 e. The minimum atomic E-state index is 0.847. The van der Waals surface area contributed by atoms with Crippen molar-refractivity contribution >= 4 is 17.4 Å². The van der Waals surface area contributed by atoms with Crippen LogP contribution < -0.4 is 5.73 Å². The van der Waals surface area contributed by atoms with E-state index < -0.39 is 0 Å². The Kier molecular flexibility index (Phi) is 4.28. The average Bonchev–Trinajstić information content (AvgIpc) is 2.15. The molecule has 1 nitrogen and oxygen atoms in total. The number of benzene rings is 1. The van der Waals surface area contributed by atoms with Gasteiger partial charge < -0.3 is 5.73 Å². The van der Waals surface area contributed by atoms with Crippen LogP contribution in [0.15, 0.2) is 29.2 Å². The lowest BCUT2D eigenvalue weighted by Gasteiger charge is -2.02. The summed E-state index contributed by atoms with van der Waals surface area (Å²) in [5.41, 5.74) is 6.63. The van der Waals surface area contributed by atoms with Crippen molar-refractivity contribution in [2.45, 2.75) is 17.7 Å². The van der Waals surface area contributed by atoms with E-state index in [0.717, 1.165) is 29.2 Å². The van der Waals surface area contributed by atoms with Gasteiger partial charge in [-0.3, -0.25) is 0 Å². The molecule has 1 aromatic rings. The molecule has 2 N–H and O–H groups in total. The molecule has 1 rings (SSSR count). The molecule has 68 valence electrons. The smallest absolute Gasteiger partial charge is 0.0452 e. The van der Waals surface area contributed by atoms with Crippen molar-refractivity contribution in [3.63, 3.8) is 0 Å². The van der Waals surface area contributed by atoms with Gasteiger partial charge in [0.15, 0.2) is 0 Å². The third-order valence-electron chi connectivity index (χ3n) is 1.64. The van der Waals surface area contributed by atoms with Crippen LogP contribution in [0.3, 0.4) is 0 Å². The van der Waals surface area contributed by atoms with E-state index >= 15 is 0 Å². The summed E-state index contributed by atoms with van der Waals surface area (Å²) in [4.78, 5) is 1.15. The SMILES string of the molecule is C#CCCCSc1ccccc1N. The van der Waals surface area contributed by atoms with Gasteiger partial charge in [0, 0.05) is 17.0 Å². The summed E-state index contributed by atoms with van der Waals surface area (Å²) in [5.74, 6) is 3.66. The van der Waals surface area contributed by atoms with Gasteiger partial charge >= 0.3 is 0 Å². The number of nitrogen functional groups attached to an aromatic ring is 1. The van der Waals surface area contributed by atoms with Gasteiger partial charge in [-0.2, -0.15) is 0 Å². The molecule has 1 aromatic carbocycles. The van der Waals surface area contributed by atoms with Crippen molar-refractivity contribution in [3.05, 3.63) is 24.3 Å². The fourth-order valence-electron chi connectivity index (χ4n) is 0.968. The lowest BCUT2D eigenvalue weighted by molar-refractivity contribution is 0.997. The molecule has 2 heteroatoms. The van der Waals surface area contributed by atoms with Crippen LogP contribution >= 0.6 is 11.8 Å². The number of para-hydroxylation sites is 1. The van der Waals surface area contributed by atoms with Gasteiger partial charge in [0.1, 0.15) is 0 Å². The quantitative estimate of drug-likeness (QED) is 0.343. The zero-order valence-electron chi connectivity index (χ0n) is 7.49. The van der Waals surface area contributed by atoms with Gasteiger partial charge in [0.25, 0.3) is 0 Å². The van der Waals surface area contributed by atoms with Crippen LogP contribution in [0.25, 0.3) is 0 Å². The first kappa shape index (κ1) is 10.0. The standard InChI is InChI=1S/C11H13NS/c1-2-3-6-9-13-11-8-5-4-7-10(11)12/h1,4-5,7-8H,3,6,9,12H2. The van der Waals surface area contributed by atoms with Crippen LogP contribution in [0.1, 0.15) is 12.8 Å². The second-order valence-electron chi connectivity index (χ2n) is 2.69. The third kappa shape index (κ3) is 3.43. The summed E-state index contributed by atoms with van der Waals surface area (Å²) < 4.78 is 0. The monoisotopic (exact) mass is 191 g/mol. The molecule has 0 fully saturated rings. The molecular formula is C11H13NS. The molecule has 0 radical (unpaired) electrons. The highest BCUT2D eigenvalue weighted by molar-refractivity contribution is 7.99. The molecule has 0 heterocycles. The Morgan fingerprint density at radius 1 is 1.38 bits per heavy atom. The van der Waals surface area contributed by atoms with E-state index in [0.29, 0.717) is 0 Å². The Balaban J connectivity index is 2.37. The van der Waals surface area contributed by atoms with Crippen molar-refractivity contribution in [1.29, 1.82) is 0 Å². The van der Waals surface area contributed by atoms with E-state index in [1.165, 1.54) is 0 Å². The van der Waals surface area contributed by atoms with Crippen LogP contribution in [-0.2, 0) is 0 Å². The van der Waals surface area contributed by atoms with Gasteiger partial charge in [-0.15, -0.1) is 24.1 Å². The van der Waals surface area contributed by atoms with E-state index in [9.17, 15) is 0 Å². The minimum Gasteiger partial charge on any atom is -0.398 e. The van der Waals surface area contributed by atoms with Crippen molar-refractivity contribution < 1.29 is 0 Å². The van der Waals surface area contributed by atoms with Crippen molar-refractivity contribution in [2.75, 3.05) is 11.5 Å². The molecular weight excluding hydrogens is 178 g/mol. The average molecular weight is 191 g/mol. The van der Waals surface area contributed by atoms with Crippen molar-refractivity contribution in [2.24, 2.45) is 0 Å². The number of nitrogens with two attached hydrogens (primary N) is 1. The predicted molar refractivity (Wildman–Crippen MR) is 59.6 cm³/mol. The molecule has 0 aliphatic rings. The highest BCUT2D eigenvalue weighted by Gasteiger charge is 1.96. The fraction of sp³-hybridized carbons (Fsp3) is 0.273. The van der Waals surface area contributed by atoms with E-state index in [1.807, 2.05) is 24.3 Å². The number of hydrogen-bond donors (Lipinski definition) is 1. The lowest BCUT2D eigenvalue weighted by Crippen LogP contribution is -1.88. The van der Waals surface area contributed by atoms with Gasteiger partial charge in [-0.05, 0) is 24.3 Å². The number of unbranched alkanes of at least 4 members (excludes halogenated alkanes) is 1. The predicted octanol–water partition coefficient (Wildman–Crippen LogP) is 2.77. The summed E-state index contributed by atoms with van der Waals surface area (Å²) in [6.45, 7) is 0. The summed E-state index contributed by atoms with van der Waals surface area (Å²) in [5, 5.41) is 0. The normalized spacial score (nSPS) is 9.46. The van der Waals surface area contributed by atoms with Crippen LogP contribution in [-0.4, -0.2) is 5.75 Å². The second-order valence-corrected chi connectivity index (χ2v) is 3.83. The van der Waals surface area contributed by atoms with Crippen LogP contribution in [0.5, 0.6) is 0 Å². The summed E-state index contributed by atoms with van der Waals surface area (Å²) in [6.07, 6.45) is 7.05. The Labute approximate surface area is 83.7 Å². The minimum absolute atomic E-state index is 0.847. The number of thioether (sulfide) groups is 1. The van der Waals surface area contributed by atoms with Gasteiger partial charge in [-0.25, -0.2) is 0 Å². The Morgan fingerprint density at radius 2 is 2.15 bits per heavy atom. The van der Waals surface area contributed by atoms with Crippen molar-refractivity contribution in [1.82, 2.24) is 0 Å². The van der Waals surface area contributed by atoms with E-state index in [4.69, 9.17) is 12.2 Å². The number of anilines is 1. The molecule has 0 saturated carbocycles. The Bertz CT molecular complexity index is 301. The Hall–Kier alpha value is -1.07. The number of terminal acetylenes is 1. The zero-order valence-corrected chi connectivity index (χ0v) is 8.31. The molecule has 0 atom stereocenters. The van der Waals surface area contributed by atoms with Crippen molar-refractivity contribution in [3.8, 4) is 12.3 Å². The summed E-state index contributed by atoms with van der Waals surface area (Å²) >= 11 is 1.77. The molecule has 0 aliphatic heterocycles.